The Morgan fingerprint density at radius 3 is 3.00 bits per heavy atom. The molecule has 0 spiro atoms. The van der Waals surface area contributed by atoms with Crippen molar-refractivity contribution in [1.82, 2.24) is 5.16 Å². The van der Waals surface area contributed by atoms with Crippen LogP contribution in [0.1, 0.15) is 24.7 Å². The summed E-state index contributed by atoms with van der Waals surface area (Å²) >= 11 is 0. The van der Waals surface area contributed by atoms with Crippen LogP contribution in [0.3, 0.4) is 0 Å². The summed E-state index contributed by atoms with van der Waals surface area (Å²) in [7, 11) is 0. The van der Waals surface area contributed by atoms with Gasteiger partial charge in [0.1, 0.15) is 6.10 Å². The third-order valence-electron chi connectivity index (χ3n) is 1.42. The minimum absolute atomic E-state index is 0.0885. The zero-order chi connectivity index (χ0) is 8.10. The van der Waals surface area contributed by atoms with E-state index in [0.717, 1.165) is 0 Å². The Balaban J connectivity index is 2.36. The minimum Gasteiger partial charge on any atom is -0.396 e. The summed E-state index contributed by atoms with van der Waals surface area (Å²) in [5.41, 5.74) is 0. The second-order valence-electron chi connectivity index (χ2n) is 2.30. The summed E-state index contributed by atoms with van der Waals surface area (Å²) < 4.78 is 4.71. The van der Waals surface area contributed by atoms with E-state index in [2.05, 4.69) is 5.16 Å². The molecule has 4 nitrogen and oxygen atoms in total. The van der Waals surface area contributed by atoms with E-state index in [1.54, 1.807) is 6.07 Å². The Morgan fingerprint density at radius 2 is 2.45 bits per heavy atom. The van der Waals surface area contributed by atoms with Gasteiger partial charge in [-0.3, -0.25) is 0 Å². The van der Waals surface area contributed by atoms with Gasteiger partial charge in [-0.2, -0.15) is 0 Å². The maximum Gasteiger partial charge on any atom is 0.165 e. The van der Waals surface area contributed by atoms with E-state index in [9.17, 15) is 5.11 Å². The molecule has 0 radical (unpaired) electrons. The zero-order valence-corrected chi connectivity index (χ0v) is 6.10. The first-order valence-corrected chi connectivity index (χ1v) is 3.54. The SMILES string of the molecule is OCCCC(O)c1ccno1. The second-order valence-corrected chi connectivity index (χ2v) is 2.30. The van der Waals surface area contributed by atoms with Crippen molar-refractivity contribution in [2.45, 2.75) is 18.9 Å². The third kappa shape index (κ3) is 2.32. The maximum absolute atomic E-state index is 9.30. The highest BCUT2D eigenvalue weighted by Gasteiger charge is 2.09. The van der Waals surface area contributed by atoms with Crippen LogP contribution in [-0.4, -0.2) is 22.0 Å². The van der Waals surface area contributed by atoms with Crippen molar-refractivity contribution in [3.05, 3.63) is 18.0 Å². The molecule has 0 aliphatic rings. The van der Waals surface area contributed by atoms with Gasteiger partial charge in [0.15, 0.2) is 5.76 Å². The van der Waals surface area contributed by atoms with Crippen molar-refractivity contribution in [2.75, 3.05) is 6.61 Å². The summed E-state index contributed by atoms with van der Waals surface area (Å²) in [6, 6.07) is 1.61. The molecule has 11 heavy (non-hydrogen) atoms. The van der Waals surface area contributed by atoms with Crippen LogP contribution >= 0.6 is 0 Å². The van der Waals surface area contributed by atoms with Crippen molar-refractivity contribution < 1.29 is 14.7 Å². The molecule has 1 rings (SSSR count). The highest BCUT2D eigenvalue weighted by Crippen LogP contribution is 2.16. The predicted molar refractivity (Wildman–Crippen MR) is 37.8 cm³/mol. The molecule has 2 N–H and O–H groups in total. The molecule has 1 unspecified atom stereocenters. The van der Waals surface area contributed by atoms with Gasteiger partial charge in [0.2, 0.25) is 0 Å². The molecule has 0 bridgehead atoms. The molecule has 0 saturated carbocycles. The van der Waals surface area contributed by atoms with Crippen molar-refractivity contribution in [3.63, 3.8) is 0 Å². The summed E-state index contributed by atoms with van der Waals surface area (Å²) in [4.78, 5) is 0. The van der Waals surface area contributed by atoms with Gasteiger partial charge in [0.25, 0.3) is 0 Å². The highest BCUT2D eigenvalue weighted by molar-refractivity contribution is 4.96. The molecule has 0 aliphatic heterocycles. The minimum atomic E-state index is -0.635. The quantitative estimate of drug-likeness (QED) is 0.667. The van der Waals surface area contributed by atoms with Gasteiger partial charge >= 0.3 is 0 Å². The lowest BCUT2D eigenvalue weighted by Crippen LogP contribution is -1.96. The fourth-order valence-corrected chi connectivity index (χ4v) is 0.824. The van der Waals surface area contributed by atoms with Crippen LogP contribution in [0.15, 0.2) is 16.8 Å². The molecule has 0 saturated heterocycles. The van der Waals surface area contributed by atoms with E-state index in [4.69, 9.17) is 9.63 Å². The van der Waals surface area contributed by atoms with Gasteiger partial charge in [-0.25, -0.2) is 0 Å². The summed E-state index contributed by atoms with van der Waals surface area (Å²) in [5, 5.41) is 21.2. The van der Waals surface area contributed by atoms with E-state index < -0.39 is 6.10 Å². The normalized spacial score (nSPS) is 13.3. The van der Waals surface area contributed by atoms with Gasteiger partial charge in [-0.05, 0) is 12.8 Å². The molecule has 0 fully saturated rings. The largest absolute Gasteiger partial charge is 0.396 e. The molecular weight excluding hydrogens is 146 g/mol. The second kappa shape index (κ2) is 4.10. The predicted octanol–water partition coefficient (Wildman–Crippen LogP) is 0.480. The molecule has 1 atom stereocenters. The molecule has 0 amide bonds. The van der Waals surface area contributed by atoms with Crippen LogP contribution in [0.2, 0.25) is 0 Å². The molecule has 1 aromatic rings. The van der Waals surface area contributed by atoms with Gasteiger partial charge in [0, 0.05) is 12.7 Å². The fraction of sp³-hybridized carbons (Fsp3) is 0.571. The van der Waals surface area contributed by atoms with Gasteiger partial charge in [-0.1, -0.05) is 5.16 Å². The smallest absolute Gasteiger partial charge is 0.165 e. The number of aliphatic hydroxyl groups is 2. The van der Waals surface area contributed by atoms with E-state index in [1.165, 1.54) is 6.20 Å². The standard InChI is InChI=1S/C7H11NO3/c9-5-1-2-6(10)7-3-4-8-11-7/h3-4,6,9-10H,1-2,5H2. The molecule has 4 heteroatoms. The lowest BCUT2D eigenvalue weighted by atomic mass is 10.1. The first kappa shape index (κ1) is 8.23. The van der Waals surface area contributed by atoms with Crippen LogP contribution in [0.4, 0.5) is 0 Å². The number of aliphatic hydroxyl groups excluding tert-OH is 2. The van der Waals surface area contributed by atoms with Gasteiger partial charge in [0.05, 0.1) is 6.20 Å². The topological polar surface area (TPSA) is 66.5 Å². The van der Waals surface area contributed by atoms with Crippen LogP contribution in [0.5, 0.6) is 0 Å². The molecule has 62 valence electrons. The number of rotatable bonds is 4. The third-order valence-corrected chi connectivity index (χ3v) is 1.42. The number of hydrogen-bond acceptors (Lipinski definition) is 4. The summed E-state index contributed by atoms with van der Waals surface area (Å²) in [6.45, 7) is 0.0885. The number of aromatic nitrogens is 1. The van der Waals surface area contributed by atoms with E-state index >= 15 is 0 Å². The van der Waals surface area contributed by atoms with Crippen LogP contribution < -0.4 is 0 Å². The Bertz CT molecular complexity index is 186. The van der Waals surface area contributed by atoms with Crippen molar-refractivity contribution in [1.29, 1.82) is 0 Å². The van der Waals surface area contributed by atoms with Crippen LogP contribution in [0, 0.1) is 0 Å². The number of hydrogen-bond donors (Lipinski definition) is 2. The molecule has 1 aromatic heterocycles. The van der Waals surface area contributed by atoms with Gasteiger partial charge in [-0.15, -0.1) is 0 Å². The first-order valence-electron chi connectivity index (χ1n) is 3.54. The number of nitrogens with zero attached hydrogens (tertiary/aromatic N) is 1. The molecule has 0 aromatic carbocycles. The van der Waals surface area contributed by atoms with E-state index in [0.29, 0.717) is 18.6 Å². The molecule has 0 aliphatic carbocycles. The van der Waals surface area contributed by atoms with Crippen molar-refractivity contribution in [3.8, 4) is 0 Å². The highest BCUT2D eigenvalue weighted by atomic mass is 16.5. The lowest BCUT2D eigenvalue weighted by Gasteiger charge is -2.03. The van der Waals surface area contributed by atoms with E-state index in [1.807, 2.05) is 0 Å². The Morgan fingerprint density at radius 1 is 1.64 bits per heavy atom. The van der Waals surface area contributed by atoms with Crippen molar-refractivity contribution >= 4 is 0 Å². The maximum atomic E-state index is 9.30. The van der Waals surface area contributed by atoms with Gasteiger partial charge < -0.3 is 14.7 Å². The Labute approximate surface area is 64.4 Å². The fourth-order valence-electron chi connectivity index (χ4n) is 0.824. The monoisotopic (exact) mass is 157 g/mol. The summed E-state index contributed by atoms with van der Waals surface area (Å²) in [5.74, 6) is 0.457. The average Bonchev–Trinajstić information content (AvgIpc) is 2.52. The summed E-state index contributed by atoms with van der Waals surface area (Å²) in [6.07, 6.45) is 1.93. The van der Waals surface area contributed by atoms with Crippen LogP contribution in [-0.2, 0) is 0 Å². The molecule has 1 heterocycles. The van der Waals surface area contributed by atoms with Crippen molar-refractivity contribution in [2.24, 2.45) is 0 Å². The lowest BCUT2D eigenvalue weighted by molar-refractivity contribution is 0.120. The average molecular weight is 157 g/mol. The zero-order valence-electron chi connectivity index (χ0n) is 6.10. The Hall–Kier alpha value is -0.870. The van der Waals surface area contributed by atoms with Crippen LogP contribution in [0.25, 0.3) is 0 Å². The molecular formula is C7H11NO3. The van der Waals surface area contributed by atoms with E-state index in [-0.39, 0.29) is 6.61 Å². The first-order chi connectivity index (χ1) is 5.34. The Kier molecular flexibility index (Phi) is 3.07.